The van der Waals surface area contributed by atoms with Gasteiger partial charge in [-0.2, -0.15) is 0 Å². The van der Waals surface area contributed by atoms with Gasteiger partial charge in [0, 0.05) is 19.1 Å². The number of aliphatic hydroxyl groups excluding tert-OH is 1. The molecular weight excluding hydrogens is 332 g/mol. The smallest absolute Gasteiger partial charge is 0.272 e. The summed E-state index contributed by atoms with van der Waals surface area (Å²) in [5.74, 6) is 1.44. The fraction of sp³-hybridized carbons (Fsp3) is 0.737. The van der Waals surface area contributed by atoms with E-state index in [2.05, 4.69) is 27.3 Å². The van der Waals surface area contributed by atoms with E-state index in [1.807, 2.05) is 6.07 Å². The van der Waals surface area contributed by atoms with Gasteiger partial charge in [0.1, 0.15) is 0 Å². The van der Waals surface area contributed by atoms with E-state index in [1.165, 1.54) is 12.8 Å². The van der Waals surface area contributed by atoms with Crippen LogP contribution in [0, 0.1) is 5.92 Å². The second-order valence-corrected chi connectivity index (χ2v) is 7.49. The fourth-order valence-corrected chi connectivity index (χ4v) is 3.75. The lowest BCUT2D eigenvalue weighted by Gasteiger charge is -2.32. The third-order valence-electron chi connectivity index (χ3n) is 5.44. The van der Waals surface area contributed by atoms with Gasteiger partial charge >= 0.3 is 0 Å². The Morgan fingerprint density at radius 3 is 2.54 bits per heavy atom. The molecule has 0 spiro atoms. The first kappa shape index (κ1) is 19.0. The summed E-state index contributed by atoms with van der Waals surface area (Å²) in [5, 5.41) is 20.3. The minimum Gasteiger partial charge on any atom is -0.394 e. The van der Waals surface area contributed by atoms with Crippen molar-refractivity contribution in [2.24, 2.45) is 5.92 Å². The third-order valence-corrected chi connectivity index (χ3v) is 5.44. The molecular formula is C19H30N4O3. The van der Waals surface area contributed by atoms with Gasteiger partial charge in [0.25, 0.3) is 5.91 Å². The van der Waals surface area contributed by atoms with Gasteiger partial charge in [-0.25, -0.2) is 0 Å². The van der Waals surface area contributed by atoms with E-state index in [0.29, 0.717) is 12.3 Å². The minimum absolute atomic E-state index is 0.0646. The molecule has 3 rings (SSSR count). The molecule has 2 heterocycles. The number of aliphatic hydroxyl groups is 1. The third kappa shape index (κ3) is 5.14. The molecule has 0 atom stereocenters. The largest absolute Gasteiger partial charge is 0.394 e. The summed E-state index contributed by atoms with van der Waals surface area (Å²) in [6, 6.07) is 3.90. The molecule has 2 fully saturated rings. The topological polar surface area (TPSA) is 87.6 Å². The molecule has 1 aliphatic carbocycles. The zero-order valence-electron chi connectivity index (χ0n) is 15.6. The number of rotatable bonds is 6. The number of carbonyl (C=O) groups is 1. The number of piperidine rings is 1. The summed E-state index contributed by atoms with van der Waals surface area (Å²) >= 11 is 0. The molecule has 2 aliphatic rings. The van der Waals surface area contributed by atoms with E-state index in [4.69, 9.17) is 9.84 Å². The van der Waals surface area contributed by atoms with E-state index in [1.54, 1.807) is 6.07 Å². The normalized spacial score (nSPS) is 24.5. The van der Waals surface area contributed by atoms with E-state index in [-0.39, 0.29) is 24.7 Å². The van der Waals surface area contributed by atoms with Gasteiger partial charge in [0.15, 0.2) is 11.5 Å². The summed E-state index contributed by atoms with van der Waals surface area (Å²) in [6.45, 7) is 4.42. The predicted octanol–water partition coefficient (Wildman–Crippen LogP) is 1.76. The molecule has 26 heavy (non-hydrogen) atoms. The number of carbonyl (C=O) groups excluding carboxylic acids is 1. The number of ether oxygens (including phenoxy) is 1. The van der Waals surface area contributed by atoms with Crippen molar-refractivity contribution >= 4 is 11.7 Å². The van der Waals surface area contributed by atoms with Gasteiger partial charge < -0.3 is 20.1 Å². The van der Waals surface area contributed by atoms with Crippen LogP contribution in [0.2, 0.25) is 0 Å². The molecule has 0 unspecified atom stereocenters. The maximum Gasteiger partial charge on any atom is 0.272 e. The summed E-state index contributed by atoms with van der Waals surface area (Å²) in [5.41, 5.74) is 0.383. The van der Waals surface area contributed by atoms with Crippen LogP contribution < -0.4 is 10.2 Å². The molecule has 0 aromatic carbocycles. The molecule has 2 N–H and O–H groups in total. The molecule has 1 aliphatic heterocycles. The Kier molecular flexibility index (Phi) is 6.80. The number of hydrogen-bond acceptors (Lipinski definition) is 6. The van der Waals surface area contributed by atoms with Crippen molar-refractivity contribution in [3.8, 4) is 0 Å². The Balaban J connectivity index is 1.48. The first-order chi connectivity index (χ1) is 12.7. The van der Waals surface area contributed by atoms with Crippen molar-refractivity contribution in [3.05, 3.63) is 17.8 Å². The van der Waals surface area contributed by atoms with Crippen molar-refractivity contribution in [1.29, 1.82) is 0 Å². The molecule has 0 bridgehead atoms. The van der Waals surface area contributed by atoms with Crippen LogP contribution in [-0.2, 0) is 4.74 Å². The molecule has 1 amide bonds. The Labute approximate surface area is 155 Å². The molecule has 1 saturated carbocycles. The standard InChI is InChI=1S/C19H30N4O3/c1-14-2-4-15(5-3-14)20-19(25)17-6-7-18(22-21-17)23-10-8-16(9-11-23)26-13-12-24/h6-7,14-16,24H,2-5,8-13H2,1H3,(H,20,25). The van der Waals surface area contributed by atoms with Crippen molar-refractivity contribution in [3.63, 3.8) is 0 Å². The Morgan fingerprint density at radius 1 is 1.19 bits per heavy atom. The predicted molar refractivity (Wildman–Crippen MR) is 99.2 cm³/mol. The van der Waals surface area contributed by atoms with Crippen molar-refractivity contribution in [1.82, 2.24) is 15.5 Å². The quantitative estimate of drug-likeness (QED) is 0.802. The maximum atomic E-state index is 12.4. The van der Waals surface area contributed by atoms with Crippen molar-refractivity contribution in [2.45, 2.75) is 57.6 Å². The first-order valence-electron chi connectivity index (χ1n) is 9.77. The van der Waals surface area contributed by atoms with E-state index in [0.717, 1.165) is 50.5 Å². The molecule has 1 aromatic rings. The van der Waals surface area contributed by atoms with Crippen LogP contribution in [0.5, 0.6) is 0 Å². The number of nitrogens with zero attached hydrogens (tertiary/aromatic N) is 3. The zero-order valence-corrected chi connectivity index (χ0v) is 15.6. The summed E-state index contributed by atoms with van der Waals surface area (Å²) in [6.07, 6.45) is 6.46. The monoisotopic (exact) mass is 362 g/mol. The van der Waals surface area contributed by atoms with Gasteiger partial charge in [-0.05, 0) is 56.6 Å². The SMILES string of the molecule is CC1CCC(NC(=O)c2ccc(N3CCC(OCCO)CC3)nn2)CC1. The van der Waals surface area contributed by atoms with Crippen LogP contribution in [0.3, 0.4) is 0 Å². The van der Waals surface area contributed by atoms with Gasteiger partial charge in [-0.15, -0.1) is 10.2 Å². The Bertz CT molecular complexity index is 565. The summed E-state index contributed by atoms with van der Waals surface area (Å²) < 4.78 is 5.58. The highest BCUT2D eigenvalue weighted by atomic mass is 16.5. The number of aromatic nitrogens is 2. The molecule has 1 saturated heterocycles. The number of anilines is 1. The highest BCUT2D eigenvalue weighted by Crippen LogP contribution is 2.24. The number of nitrogens with one attached hydrogen (secondary N) is 1. The molecule has 0 radical (unpaired) electrons. The average Bonchev–Trinajstić information content (AvgIpc) is 2.68. The Morgan fingerprint density at radius 2 is 1.92 bits per heavy atom. The van der Waals surface area contributed by atoms with E-state index < -0.39 is 0 Å². The van der Waals surface area contributed by atoms with Gasteiger partial charge in [0.2, 0.25) is 0 Å². The molecule has 1 aromatic heterocycles. The van der Waals surface area contributed by atoms with E-state index in [9.17, 15) is 4.79 Å². The Hall–Kier alpha value is -1.73. The van der Waals surface area contributed by atoms with Crippen LogP contribution in [0.15, 0.2) is 12.1 Å². The van der Waals surface area contributed by atoms with Crippen LogP contribution in [0.1, 0.15) is 55.9 Å². The maximum absolute atomic E-state index is 12.4. The van der Waals surface area contributed by atoms with E-state index >= 15 is 0 Å². The van der Waals surface area contributed by atoms with Crippen LogP contribution in [0.4, 0.5) is 5.82 Å². The lowest BCUT2D eigenvalue weighted by molar-refractivity contribution is 0.0158. The van der Waals surface area contributed by atoms with Crippen LogP contribution >= 0.6 is 0 Å². The van der Waals surface area contributed by atoms with Crippen molar-refractivity contribution < 1.29 is 14.6 Å². The first-order valence-corrected chi connectivity index (χ1v) is 9.77. The second-order valence-electron chi connectivity index (χ2n) is 7.49. The van der Waals surface area contributed by atoms with Gasteiger partial charge in [0.05, 0.1) is 19.3 Å². The zero-order chi connectivity index (χ0) is 18.4. The molecule has 7 nitrogen and oxygen atoms in total. The highest BCUT2D eigenvalue weighted by Gasteiger charge is 2.23. The highest BCUT2D eigenvalue weighted by molar-refractivity contribution is 5.92. The number of hydrogen-bond donors (Lipinski definition) is 2. The average molecular weight is 362 g/mol. The summed E-state index contributed by atoms with van der Waals surface area (Å²) in [4.78, 5) is 14.5. The lowest BCUT2D eigenvalue weighted by atomic mass is 9.87. The van der Waals surface area contributed by atoms with Crippen LogP contribution in [-0.4, -0.2) is 59.7 Å². The molecule has 144 valence electrons. The van der Waals surface area contributed by atoms with Crippen LogP contribution in [0.25, 0.3) is 0 Å². The summed E-state index contributed by atoms with van der Waals surface area (Å²) in [7, 11) is 0. The minimum atomic E-state index is -0.125. The molecule has 7 heteroatoms. The van der Waals surface area contributed by atoms with Gasteiger partial charge in [-0.3, -0.25) is 4.79 Å². The second kappa shape index (κ2) is 9.28. The van der Waals surface area contributed by atoms with Crippen molar-refractivity contribution in [2.75, 3.05) is 31.2 Å². The fourth-order valence-electron chi connectivity index (χ4n) is 3.75. The number of amides is 1. The van der Waals surface area contributed by atoms with Gasteiger partial charge in [-0.1, -0.05) is 6.92 Å². The lowest BCUT2D eigenvalue weighted by Crippen LogP contribution is -2.39.